The average Bonchev–Trinajstić information content (AvgIpc) is 2.97. The summed E-state index contributed by atoms with van der Waals surface area (Å²) in [6.07, 6.45) is 1.05. The zero-order valence-electron chi connectivity index (χ0n) is 13.3. The molecule has 0 fully saturated rings. The van der Waals surface area contributed by atoms with E-state index in [0.717, 1.165) is 23.6 Å². The van der Waals surface area contributed by atoms with E-state index in [1.54, 1.807) is 0 Å². The van der Waals surface area contributed by atoms with Crippen molar-refractivity contribution in [2.24, 2.45) is 7.05 Å². The van der Waals surface area contributed by atoms with Crippen molar-refractivity contribution in [3.05, 3.63) is 71.5 Å². The minimum absolute atomic E-state index is 0.224. The number of aryl methyl sites for hydroxylation is 2. The molecule has 0 bridgehead atoms. The van der Waals surface area contributed by atoms with Gasteiger partial charge in [-0.05, 0) is 17.5 Å². The molecule has 3 heteroatoms. The Labute approximate surface area is 131 Å². The highest BCUT2D eigenvalue weighted by atomic mass is 15.3. The van der Waals surface area contributed by atoms with Gasteiger partial charge in [0.1, 0.15) is 5.82 Å². The van der Waals surface area contributed by atoms with E-state index in [2.05, 4.69) is 43.2 Å². The maximum Gasteiger partial charge on any atom is 0.181 e. The molecule has 0 amide bonds. The van der Waals surface area contributed by atoms with Crippen molar-refractivity contribution in [1.82, 2.24) is 14.8 Å². The van der Waals surface area contributed by atoms with Crippen LogP contribution in [0, 0.1) is 0 Å². The summed E-state index contributed by atoms with van der Waals surface area (Å²) in [6, 6.07) is 18.8. The second-order valence-electron chi connectivity index (χ2n) is 5.60. The lowest BCUT2D eigenvalue weighted by Gasteiger charge is -2.11. The summed E-state index contributed by atoms with van der Waals surface area (Å²) >= 11 is 0. The highest BCUT2D eigenvalue weighted by Crippen LogP contribution is 2.25. The number of hydrogen-bond donors (Lipinski definition) is 0. The summed E-state index contributed by atoms with van der Waals surface area (Å²) < 4.78 is 1.89. The lowest BCUT2D eigenvalue weighted by Crippen LogP contribution is -2.05. The molecule has 1 atom stereocenters. The molecule has 0 radical (unpaired) electrons. The Morgan fingerprint density at radius 3 is 2.55 bits per heavy atom. The van der Waals surface area contributed by atoms with Crippen LogP contribution >= 0.6 is 0 Å². The Kier molecular flexibility index (Phi) is 4.05. The second kappa shape index (κ2) is 6.14. The molecule has 0 spiro atoms. The fourth-order valence-electron chi connectivity index (χ4n) is 2.71. The fourth-order valence-corrected chi connectivity index (χ4v) is 2.71. The molecule has 3 rings (SSSR count). The minimum Gasteiger partial charge on any atom is -0.252 e. The van der Waals surface area contributed by atoms with E-state index in [4.69, 9.17) is 4.98 Å². The molecule has 3 nitrogen and oxygen atoms in total. The third-order valence-corrected chi connectivity index (χ3v) is 4.08. The number of rotatable bonds is 4. The zero-order chi connectivity index (χ0) is 15.5. The summed E-state index contributed by atoms with van der Waals surface area (Å²) in [5.41, 5.74) is 3.70. The largest absolute Gasteiger partial charge is 0.252 e. The van der Waals surface area contributed by atoms with Crippen LogP contribution in [0.1, 0.15) is 36.7 Å². The van der Waals surface area contributed by atoms with Gasteiger partial charge in [0.15, 0.2) is 5.82 Å². The lowest BCUT2D eigenvalue weighted by atomic mass is 9.97. The molecule has 22 heavy (non-hydrogen) atoms. The first-order chi connectivity index (χ1) is 10.7. The molecule has 112 valence electrons. The van der Waals surface area contributed by atoms with Crippen molar-refractivity contribution >= 4 is 0 Å². The Morgan fingerprint density at radius 2 is 1.82 bits per heavy atom. The monoisotopic (exact) mass is 291 g/mol. The molecule has 0 aliphatic heterocycles. The molecule has 0 saturated heterocycles. The van der Waals surface area contributed by atoms with Gasteiger partial charge in [-0.2, -0.15) is 5.10 Å². The van der Waals surface area contributed by atoms with Crippen LogP contribution in [0.15, 0.2) is 54.6 Å². The molecular weight excluding hydrogens is 270 g/mol. The number of nitrogens with zero attached hydrogens (tertiary/aromatic N) is 3. The predicted molar refractivity (Wildman–Crippen MR) is 89.8 cm³/mol. The van der Waals surface area contributed by atoms with Gasteiger partial charge in [0.2, 0.25) is 0 Å². The summed E-state index contributed by atoms with van der Waals surface area (Å²) in [5, 5.41) is 4.58. The molecule has 0 aliphatic rings. The third-order valence-electron chi connectivity index (χ3n) is 4.08. The van der Waals surface area contributed by atoms with E-state index in [0.29, 0.717) is 0 Å². The summed E-state index contributed by atoms with van der Waals surface area (Å²) in [7, 11) is 1.97. The van der Waals surface area contributed by atoms with Crippen molar-refractivity contribution in [2.45, 2.75) is 26.2 Å². The number of aromatic nitrogens is 3. The summed E-state index contributed by atoms with van der Waals surface area (Å²) in [5.74, 6) is 2.00. The smallest absolute Gasteiger partial charge is 0.181 e. The van der Waals surface area contributed by atoms with Crippen LogP contribution in [0.2, 0.25) is 0 Å². The van der Waals surface area contributed by atoms with Crippen molar-refractivity contribution in [1.29, 1.82) is 0 Å². The van der Waals surface area contributed by atoms with Crippen LogP contribution in [0.4, 0.5) is 0 Å². The summed E-state index contributed by atoms with van der Waals surface area (Å²) in [6.45, 7) is 4.37. The van der Waals surface area contributed by atoms with Crippen LogP contribution in [0.5, 0.6) is 0 Å². The Hall–Kier alpha value is -2.42. The van der Waals surface area contributed by atoms with Crippen LogP contribution in [-0.4, -0.2) is 14.8 Å². The second-order valence-corrected chi connectivity index (χ2v) is 5.60. The SMILES string of the molecule is CCc1cccc(C(C)c2nc(-c3ccccc3)nn2C)c1. The average molecular weight is 291 g/mol. The van der Waals surface area contributed by atoms with Gasteiger partial charge < -0.3 is 0 Å². The molecular formula is C19H21N3. The van der Waals surface area contributed by atoms with Crippen molar-refractivity contribution in [3.8, 4) is 11.4 Å². The maximum absolute atomic E-state index is 4.76. The normalized spacial score (nSPS) is 12.3. The molecule has 0 saturated carbocycles. The molecule has 2 aromatic carbocycles. The highest BCUT2D eigenvalue weighted by Gasteiger charge is 2.17. The predicted octanol–water partition coefficient (Wildman–Crippen LogP) is 4.20. The van der Waals surface area contributed by atoms with Crippen molar-refractivity contribution in [2.75, 3.05) is 0 Å². The van der Waals surface area contributed by atoms with Crippen molar-refractivity contribution < 1.29 is 0 Å². The van der Waals surface area contributed by atoms with E-state index in [9.17, 15) is 0 Å². The third kappa shape index (κ3) is 2.80. The summed E-state index contributed by atoms with van der Waals surface area (Å²) in [4.78, 5) is 4.76. The molecule has 1 aromatic heterocycles. The van der Waals surface area contributed by atoms with Crippen LogP contribution in [0.3, 0.4) is 0 Å². The van der Waals surface area contributed by atoms with Crippen LogP contribution in [0.25, 0.3) is 11.4 Å². The first-order valence-corrected chi connectivity index (χ1v) is 7.74. The Bertz CT molecular complexity index is 759. The van der Waals surface area contributed by atoms with Crippen LogP contribution < -0.4 is 0 Å². The Balaban J connectivity index is 1.96. The van der Waals surface area contributed by atoms with Gasteiger partial charge in [0, 0.05) is 18.5 Å². The number of benzene rings is 2. The molecule has 1 unspecified atom stereocenters. The minimum atomic E-state index is 0.224. The van der Waals surface area contributed by atoms with Gasteiger partial charge in [-0.25, -0.2) is 4.98 Å². The first-order valence-electron chi connectivity index (χ1n) is 7.74. The van der Waals surface area contributed by atoms with Crippen LogP contribution in [-0.2, 0) is 13.5 Å². The molecule has 1 heterocycles. The lowest BCUT2D eigenvalue weighted by molar-refractivity contribution is 0.672. The van der Waals surface area contributed by atoms with Crippen molar-refractivity contribution in [3.63, 3.8) is 0 Å². The first kappa shape index (κ1) is 14.5. The molecule has 0 aliphatic carbocycles. The van der Waals surface area contributed by atoms with E-state index in [-0.39, 0.29) is 5.92 Å². The van der Waals surface area contributed by atoms with Gasteiger partial charge in [-0.1, -0.05) is 68.4 Å². The maximum atomic E-state index is 4.76. The standard InChI is InChI=1S/C19H21N3/c1-4-15-9-8-12-17(13-15)14(2)19-20-18(21-22(19)3)16-10-6-5-7-11-16/h5-14H,4H2,1-3H3. The quantitative estimate of drug-likeness (QED) is 0.721. The molecule has 3 aromatic rings. The number of hydrogen-bond acceptors (Lipinski definition) is 2. The molecule has 0 N–H and O–H groups in total. The van der Waals surface area contributed by atoms with Gasteiger partial charge >= 0.3 is 0 Å². The van der Waals surface area contributed by atoms with E-state index in [1.807, 2.05) is 42.1 Å². The van der Waals surface area contributed by atoms with Gasteiger partial charge in [0.05, 0.1) is 0 Å². The Morgan fingerprint density at radius 1 is 1.05 bits per heavy atom. The fraction of sp³-hybridized carbons (Fsp3) is 0.263. The van der Waals surface area contributed by atoms with E-state index >= 15 is 0 Å². The van der Waals surface area contributed by atoms with Gasteiger partial charge in [-0.15, -0.1) is 0 Å². The van der Waals surface area contributed by atoms with E-state index in [1.165, 1.54) is 11.1 Å². The van der Waals surface area contributed by atoms with Gasteiger partial charge in [0.25, 0.3) is 0 Å². The highest BCUT2D eigenvalue weighted by molar-refractivity contribution is 5.54. The van der Waals surface area contributed by atoms with E-state index < -0.39 is 0 Å². The topological polar surface area (TPSA) is 30.7 Å². The zero-order valence-corrected chi connectivity index (χ0v) is 13.3. The van der Waals surface area contributed by atoms with Gasteiger partial charge in [-0.3, -0.25) is 4.68 Å².